The minimum atomic E-state index is 0.541. The third-order valence-corrected chi connectivity index (χ3v) is 6.46. The van der Waals surface area contributed by atoms with Crippen molar-refractivity contribution >= 4 is 28.1 Å². The van der Waals surface area contributed by atoms with Crippen LogP contribution in [0.1, 0.15) is 57.0 Å². The van der Waals surface area contributed by atoms with Gasteiger partial charge in [-0.1, -0.05) is 26.1 Å². The Balaban J connectivity index is 1.89. The van der Waals surface area contributed by atoms with E-state index in [1.165, 1.54) is 31.4 Å². The maximum atomic E-state index is 5.46. The first-order chi connectivity index (χ1) is 9.95. The average Bonchev–Trinajstić information content (AvgIpc) is 2.64. The highest BCUT2D eigenvalue weighted by Gasteiger charge is 2.39. The summed E-state index contributed by atoms with van der Waals surface area (Å²) < 4.78 is 1.69. The van der Waals surface area contributed by atoms with E-state index in [1.807, 2.05) is 0 Å². The Bertz CT molecular complexity index is 569. The number of aromatic amines is 1. The third kappa shape index (κ3) is 3.10. The number of piperidine rings is 1. The summed E-state index contributed by atoms with van der Waals surface area (Å²) in [6.45, 7) is 4.47. The Morgan fingerprint density at radius 2 is 1.95 bits per heavy atom. The average molecular weight is 370 g/mol. The van der Waals surface area contributed by atoms with E-state index in [0.29, 0.717) is 16.5 Å². The van der Waals surface area contributed by atoms with Crippen LogP contribution in [-0.2, 0) is 6.42 Å². The topological polar surface area (TPSA) is 31.9 Å². The van der Waals surface area contributed by atoms with Crippen LogP contribution in [0, 0.1) is 10.6 Å². The number of nitrogens with one attached hydrogen (secondary N) is 1. The van der Waals surface area contributed by atoms with Crippen LogP contribution in [0.4, 0.5) is 0 Å². The number of halogens is 1. The molecule has 0 saturated carbocycles. The van der Waals surface area contributed by atoms with E-state index in [0.717, 1.165) is 28.8 Å². The highest BCUT2D eigenvalue weighted by atomic mass is 79.9. The maximum absolute atomic E-state index is 5.46. The highest BCUT2D eigenvalue weighted by molar-refractivity contribution is 9.10. The fraction of sp³-hybridized carbons (Fsp3) is 0.750. The third-order valence-electron chi connectivity index (χ3n) is 5.05. The van der Waals surface area contributed by atoms with Crippen molar-refractivity contribution in [2.24, 2.45) is 5.92 Å². The summed E-state index contributed by atoms with van der Waals surface area (Å²) in [5, 5.41) is 0. The minimum absolute atomic E-state index is 0.541. The van der Waals surface area contributed by atoms with Gasteiger partial charge in [-0.05, 0) is 61.0 Å². The summed E-state index contributed by atoms with van der Waals surface area (Å²) in [5.41, 5.74) is 1.21. The van der Waals surface area contributed by atoms with Crippen LogP contribution in [0.15, 0.2) is 4.47 Å². The van der Waals surface area contributed by atoms with Crippen molar-refractivity contribution in [1.29, 1.82) is 0 Å². The summed E-state index contributed by atoms with van der Waals surface area (Å²) in [6, 6.07) is 1.46. The highest BCUT2D eigenvalue weighted by Crippen LogP contribution is 2.41. The predicted octanol–water partition coefficient (Wildman–Crippen LogP) is 4.44. The molecule has 2 saturated heterocycles. The van der Waals surface area contributed by atoms with Crippen molar-refractivity contribution in [3.8, 4) is 0 Å². The van der Waals surface area contributed by atoms with Gasteiger partial charge in [-0.25, -0.2) is 4.98 Å². The number of H-pyrrole nitrogens is 1. The Kier molecular flexibility index (Phi) is 4.53. The molecule has 0 spiro atoms. The predicted molar refractivity (Wildman–Crippen MR) is 92.2 cm³/mol. The van der Waals surface area contributed by atoms with Crippen molar-refractivity contribution in [3.05, 3.63) is 20.6 Å². The Morgan fingerprint density at radius 3 is 2.52 bits per heavy atom. The van der Waals surface area contributed by atoms with Crippen LogP contribution in [0.3, 0.4) is 0 Å². The largest absolute Gasteiger partial charge is 0.346 e. The van der Waals surface area contributed by atoms with Crippen LogP contribution >= 0.6 is 28.1 Å². The molecular weight excluding hydrogens is 346 g/mol. The second-order valence-corrected chi connectivity index (χ2v) is 8.22. The van der Waals surface area contributed by atoms with Gasteiger partial charge in [0.1, 0.15) is 10.5 Å². The summed E-state index contributed by atoms with van der Waals surface area (Å²) in [4.78, 5) is 10.8. The zero-order valence-electron chi connectivity index (χ0n) is 13.0. The summed E-state index contributed by atoms with van der Waals surface area (Å²) >= 11 is 9.07. The fourth-order valence-corrected chi connectivity index (χ4v) is 4.47. The zero-order valence-corrected chi connectivity index (χ0v) is 15.4. The summed E-state index contributed by atoms with van der Waals surface area (Å²) in [7, 11) is 2.28. The first kappa shape index (κ1) is 15.6. The molecule has 1 aromatic heterocycles. The van der Waals surface area contributed by atoms with E-state index in [2.05, 4.69) is 51.7 Å². The molecule has 1 N–H and O–H groups in total. The molecule has 2 aliphatic heterocycles. The van der Waals surface area contributed by atoms with Gasteiger partial charge in [0.2, 0.25) is 0 Å². The molecule has 21 heavy (non-hydrogen) atoms. The number of hydrogen-bond donors (Lipinski definition) is 1. The maximum Gasteiger partial charge on any atom is 0.144 e. The number of rotatable bonds is 3. The monoisotopic (exact) mass is 369 g/mol. The lowest BCUT2D eigenvalue weighted by molar-refractivity contribution is 0.158. The van der Waals surface area contributed by atoms with Crippen molar-refractivity contribution in [1.82, 2.24) is 14.9 Å². The number of aromatic nitrogens is 2. The standard InChI is InChI=1S/C16H24BrN3S/c1-9(2)6-13-14(17)16(21)19-15(18-13)10-7-11-4-5-12(8-10)20(11)3/h9-12H,4-8H2,1-3H3,(H,18,19,21). The number of nitrogens with zero attached hydrogens (tertiary/aromatic N) is 2. The van der Waals surface area contributed by atoms with Gasteiger partial charge in [0, 0.05) is 23.7 Å². The fourth-order valence-electron chi connectivity index (χ4n) is 3.90. The van der Waals surface area contributed by atoms with E-state index in [4.69, 9.17) is 12.2 Å². The molecule has 5 heteroatoms. The van der Waals surface area contributed by atoms with Crippen molar-refractivity contribution < 1.29 is 0 Å². The molecule has 2 atom stereocenters. The van der Waals surface area contributed by atoms with Crippen LogP contribution in [0.25, 0.3) is 0 Å². The van der Waals surface area contributed by atoms with Crippen LogP contribution in [-0.4, -0.2) is 34.0 Å². The van der Waals surface area contributed by atoms with E-state index in [-0.39, 0.29) is 0 Å². The zero-order chi connectivity index (χ0) is 15.1. The van der Waals surface area contributed by atoms with Crippen molar-refractivity contribution in [2.45, 2.75) is 64.0 Å². The van der Waals surface area contributed by atoms with Gasteiger partial charge >= 0.3 is 0 Å². The Morgan fingerprint density at radius 1 is 1.33 bits per heavy atom. The van der Waals surface area contributed by atoms with Gasteiger partial charge in [-0.2, -0.15) is 0 Å². The summed E-state index contributed by atoms with van der Waals surface area (Å²) in [6.07, 6.45) is 6.13. The molecule has 2 aliphatic rings. The Hall–Kier alpha value is -0.260. The molecule has 2 bridgehead atoms. The minimum Gasteiger partial charge on any atom is -0.346 e. The van der Waals surface area contributed by atoms with Crippen LogP contribution in [0.2, 0.25) is 0 Å². The number of hydrogen-bond acceptors (Lipinski definition) is 3. The number of fused-ring (bicyclic) bond motifs is 2. The van der Waals surface area contributed by atoms with E-state index in [1.54, 1.807) is 0 Å². The van der Waals surface area contributed by atoms with Gasteiger partial charge < -0.3 is 9.88 Å². The molecule has 0 amide bonds. The smallest absolute Gasteiger partial charge is 0.144 e. The van der Waals surface area contributed by atoms with E-state index < -0.39 is 0 Å². The second-order valence-electron chi connectivity index (χ2n) is 7.04. The molecule has 2 unspecified atom stereocenters. The molecule has 0 radical (unpaired) electrons. The quantitative estimate of drug-likeness (QED) is 0.799. The molecule has 2 fully saturated rings. The van der Waals surface area contributed by atoms with Gasteiger partial charge in [0.25, 0.3) is 0 Å². The second kappa shape index (κ2) is 6.09. The molecule has 0 aromatic carbocycles. The first-order valence-electron chi connectivity index (χ1n) is 7.96. The van der Waals surface area contributed by atoms with Gasteiger partial charge in [0.15, 0.2) is 0 Å². The molecule has 116 valence electrons. The van der Waals surface area contributed by atoms with Gasteiger partial charge in [-0.3, -0.25) is 0 Å². The van der Waals surface area contributed by atoms with Crippen molar-refractivity contribution in [3.63, 3.8) is 0 Å². The van der Waals surface area contributed by atoms with Gasteiger partial charge in [-0.15, -0.1) is 0 Å². The molecular formula is C16H24BrN3S. The van der Waals surface area contributed by atoms with E-state index >= 15 is 0 Å². The van der Waals surface area contributed by atoms with Crippen molar-refractivity contribution in [2.75, 3.05) is 7.05 Å². The normalized spacial score (nSPS) is 29.3. The molecule has 1 aromatic rings. The van der Waals surface area contributed by atoms with Crippen LogP contribution in [0.5, 0.6) is 0 Å². The summed E-state index contributed by atoms with van der Waals surface area (Å²) in [5.74, 6) is 2.26. The molecule has 3 rings (SSSR count). The lowest BCUT2D eigenvalue weighted by Gasteiger charge is -2.36. The molecule has 0 aliphatic carbocycles. The lowest BCUT2D eigenvalue weighted by Crippen LogP contribution is -2.39. The molecule has 3 heterocycles. The first-order valence-corrected chi connectivity index (χ1v) is 9.16. The van der Waals surface area contributed by atoms with Gasteiger partial charge in [0.05, 0.1) is 4.47 Å². The van der Waals surface area contributed by atoms with Crippen LogP contribution < -0.4 is 0 Å². The molecule has 3 nitrogen and oxygen atoms in total. The SMILES string of the molecule is CC(C)Cc1[nH]c(C2CC3CCC(C2)N3C)nc(=S)c1Br. The lowest BCUT2D eigenvalue weighted by atomic mass is 9.90. The Labute approximate surface area is 140 Å². The van der Waals surface area contributed by atoms with E-state index in [9.17, 15) is 0 Å².